The SMILES string of the molecule is CCc1cc(CC(O)C(C)C2CC2)n(C)n1. The second-order valence-corrected chi connectivity index (χ2v) is 5.07. The van der Waals surface area contributed by atoms with Crippen molar-refractivity contribution in [2.75, 3.05) is 0 Å². The highest BCUT2D eigenvalue weighted by Crippen LogP contribution is 2.38. The molecule has 3 nitrogen and oxygen atoms in total. The lowest BCUT2D eigenvalue weighted by molar-refractivity contribution is 0.103. The smallest absolute Gasteiger partial charge is 0.0624 e. The van der Waals surface area contributed by atoms with Gasteiger partial charge in [0.25, 0.3) is 0 Å². The fourth-order valence-corrected chi connectivity index (χ4v) is 2.27. The lowest BCUT2D eigenvalue weighted by Gasteiger charge is -2.18. The van der Waals surface area contributed by atoms with Crippen LogP contribution in [0.3, 0.4) is 0 Å². The van der Waals surface area contributed by atoms with E-state index < -0.39 is 0 Å². The van der Waals surface area contributed by atoms with Crippen molar-refractivity contribution in [1.29, 1.82) is 0 Å². The lowest BCUT2D eigenvalue weighted by Crippen LogP contribution is -2.23. The maximum Gasteiger partial charge on any atom is 0.0624 e. The van der Waals surface area contributed by atoms with E-state index in [1.165, 1.54) is 12.8 Å². The second kappa shape index (κ2) is 4.58. The number of aliphatic hydroxyl groups is 1. The van der Waals surface area contributed by atoms with Gasteiger partial charge < -0.3 is 5.11 Å². The van der Waals surface area contributed by atoms with Crippen LogP contribution in [0.2, 0.25) is 0 Å². The van der Waals surface area contributed by atoms with Crippen molar-refractivity contribution >= 4 is 0 Å². The molecule has 2 unspecified atom stereocenters. The minimum Gasteiger partial charge on any atom is -0.392 e. The third-order valence-corrected chi connectivity index (χ3v) is 3.78. The van der Waals surface area contributed by atoms with Gasteiger partial charge in [0.2, 0.25) is 0 Å². The number of nitrogens with zero attached hydrogens (tertiary/aromatic N) is 2. The summed E-state index contributed by atoms with van der Waals surface area (Å²) in [5.74, 6) is 1.19. The van der Waals surface area contributed by atoms with Crippen molar-refractivity contribution in [1.82, 2.24) is 9.78 Å². The summed E-state index contributed by atoms with van der Waals surface area (Å²) in [5, 5.41) is 14.6. The molecule has 0 spiro atoms. The van der Waals surface area contributed by atoms with Gasteiger partial charge in [-0.25, -0.2) is 0 Å². The van der Waals surface area contributed by atoms with Crippen molar-refractivity contribution in [2.45, 2.75) is 45.6 Å². The quantitative estimate of drug-likeness (QED) is 0.826. The number of hydrogen-bond acceptors (Lipinski definition) is 2. The van der Waals surface area contributed by atoms with Crippen molar-refractivity contribution in [2.24, 2.45) is 18.9 Å². The molecule has 0 amide bonds. The third kappa shape index (κ3) is 2.46. The third-order valence-electron chi connectivity index (χ3n) is 3.78. The lowest BCUT2D eigenvalue weighted by atomic mass is 9.95. The molecule has 0 aliphatic heterocycles. The van der Waals surface area contributed by atoms with Crippen LogP contribution in [0.15, 0.2) is 6.07 Å². The first-order valence-corrected chi connectivity index (χ1v) is 6.31. The second-order valence-electron chi connectivity index (χ2n) is 5.07. The van der Waals surface area contributed by atoms with E-state index in [-0.39, 0.29) is 6.10 Å². The molecule has 1 heterocycles. The van der Waals surface area contributed by atoms with E-state index in [1.807, 2.05) is 11.7 Å². The van der Waals surface area contributed by atoms with Gasteiger partial charge in [-0.2, -0.15) is 5.10 Å². The number of aliphatic hydroxyl groups excluding tert-OH is 1. The monoisotopic (exact) mass is 222 g/mol. The summed E-state index contributed by atoms with van der Waals surface area (Å²) in [6.07, 6.45) is 4.07. The van der Waals surface area contributed by atoms with Gasteiger partial charge in [0.15, 0.2) is 0 Å². The first-order valence-electron chi connectivity index (χ1n) is 6.31. The van der Waals surface area contributed by atoms with Gasteiger partial charge in [-0.3, -0.25) is 4.68 Å². The Kier molecular flexibility index (Phi) is 3.33. The normalized spacial score (nSPS) is 19.8. The summed E-state index contributed by atoms with van der Waals surface area (Å²) in [6.45, 7) is 4.27. The Labute approximate surface area is 97.5 Å². The van der Waals surface area contributed by atoms with Crippen molar-refractivity contribution < 1.29 is 5.11 Å². The standard InChI is InChI=1S/C13H22N2O/c1-4-11-7-12(15(3)14-11)8-13(16)9(2)10-5-6-10/h7,9-10,13,16H,4-6,8H2,1-3H3. The zero-order valence-electron chi connectivity index (χ0n) is 10.5. The van der Waals surface area contributed by atoms with Gasteiger partial charge in [-0.15, -0.1) is 0 Å². The van der Waals surface area contributed by atoms with Gasteiger partial charge in [-0.05, 0) is 37.2 Å². The summed E-state index contributed by atoms with van der Waals surface area (Å²) >= 11 is 0. The van der Waals surface area contributed by atoms with Crippen LogP contribution in [-0.4, -0.2) is 21.0 Å². The Morgan fingerprint density at radius 1 is 1.56 bits per heavy atom. The summed E-state index contributed by atoms with van der Waals surface area (Å²) < 4.78 is 1.90. The van der Waals surface area contributed by atoms with Gasteiger partial charge in [0, 0.05) is 19.2 Å². The van der Waals surface area contributed by atoms with Gasteiger partial charge in [0.1, 0.15) is 0 Å². The van der Waals surface area contributed by atoms with Crippen LogP contribution in [0.1, 0.15) is 38.1 Å². The van der Waals surface area contributed by atoms with Crippen LogP contribution < -0.4 is 0 Å². The van der Waals surface area contributed by atoms with E-state index in [0.717, 1.165) is 30.1 Å². The van der Waals surface area contributed by atoms with Gasteiger partial charge >= 0.3 is 0 Å². The Morgan fingerprint density at radius 2 is 2.25 bits per heavy atom. The molecule has 0 aromatic carbocycles. The van der Waals surface area contributed by atoms with Crippen LogP contribution in [0.4, 0.5) is 0 Å². The van der Waals surface area contributed by atoms with E-state index >= 15 is 0 Å². The van der Waals surface area contributed by atoms with Crippen molar-refractivity contribution in [3.63, 3.8) is 0 Å². The maximum absolute atomic E-state index is 10.1. The topological polar surface area (TPSA) is 38.0 Å². The van der Waals surface area contributed by atoms with Crippen LogP contribution >= 0.6 is 0 Å². The number of rotatable bonds is 5. The minimum absolute atomic E-state index is 0.215. The Bertz CT molecular complexity index is 355. The summed E-state index contributed by atoms with van der Waals surface area (Å²) in [5.41, 5.74) is 2.26. The molecule has 0 bridgehead atoms. The Hall–Kier alpha value is -0.830. The van der Waals surface area contributed by atoms with E-state index in [9.17, 15) is 5.11 Å². The highest BCUT2D eigenvalue weighted by molar-refractivity contribution is 5.11. The summed E-state index contributed by atoms with van der Waals surface area (Å²) in [6, 6.07) is 2.11. The van der Waals surface area contributed by atoms with Crippen molar-refractivity contribution in [3.8, 4) is 0 Å². The molecule has 1 aromatic heterocycles. The van der Waals surface area contributed by atoms with E-state index in [1.54, 1.807) is 0 Å². The van der Waals surface area contributed by atoms with Crippen LogP contribution in [-0.2, 0) is 19.9 Å². The van der Waals surface area contributed by atoms with Gasteiger partial charge in [0.05, 0.1) is 11.8 Å². The molecule has 1 aromatic rings. The highest BCUT2D eigenvalue weighted by atomic mass is 16.3. The first-order chi connectivity index (χ1) is 7.61. The van der Waals surface area contributed by atoms with E-state index in [4.69, 9.17) is 0 Å². The molecule has 3 heteroatoms. The number of hydrogen-bond donors (Lipinski definition) is 1. The zero-order chi connectivity index (χ0) is 11.7. The Morgan fingerprint density at radius 3 is 2.75 bits per heavy atom. The molecule has 1 saturated carbocycles. The molecule has 2 atom stereocenters. The van der Waals surface area contributed by atoms with Gasteiger partial charge in [-0.1, -0.05) is 13.8 Å². The molecule has 90 valence electrons. The fraction of sp³-hybridized carbons (Fsp3) is 0.769. The first kappa shape index (κ1) is 11.6. The maximum atomic E-state index is 10.1. The molecular formula is C13H22N2O. The van der Waals surface area contributed by atoms with Crippen LogP contribution in [0, 0.1) is 11.8 Å². The van der Waals surface area contributed by atoms with Crippen LogP contribution in [0.5, 0.6) is 0 Å². The predicted octanol–water partition coefficient (Wildman–Crippen LogP) is 1.93. The molecule has 0 radical (unpaired) electrons. The zero-order valence-corrected chi connectivity index (χ0v) is 10.5. The van der Waals surface area contributed by atoms with E-state index in [2.05, 4.69) is 25.0 Å². The van der Waals surface area contributed by atoms with Crippen molar-refractivity contribution in [3.05, 3.63) is 17.5 Å². The van der Waals surface area contributed by atoms with Crippen LogP contribution in [0.25, 0.3) is 0 Å². The largest absolute Gasteiger partial charge is 0.392 e. The molecule has 1 fully saturated rings. The molecule has 1 N–H and O–H groups in total. The Balaban J connectivity index is 1.98. The minimum atomic E-state index is -0.215. The predicted molar refractivity (Wildman–Crippen MR) is 64.2 cm³/mol. The highest BCUT2D eigenvalue weighted by Gasteiger charge is 2.32. The summed E-state index contributed by atoms with van der Waals surface area (Å²) in [4.78, 5) is 0. The number of aryl methyl sites for hydroxylation is 2. The summed E-state index contributed by atoms with van der Waals surface area (Å²) in [7, 11) is 1.96. The average Bonchev–Trinajstić information content (AvgIpc) is 3.04. The molecule has 1 aliphatic carbocycles. The fourth-order valence-electron chi connectivity index (χ4n) is 2.27. The molecule has 2 rings (SSSR count). The molecule has 16 heavy (non-hydrogen) atoms. The van der Waals surface area contributed by atoms with E-state index in [0.29, 0.717) is 5.92 Å². The number of aromatic nitrogens is 2. The average molecular weight is 222 g/mol. The molecule has 0 saturated heterocycles. The molecular weight excluding hydrogens is 200 g/mol. The molecule has 1 aliphatic rings.